The molecule has 0 atom stereocenters. The number of allylic oxidation sites excluding steroid dienone is 1. The molecule has 19 heavy (non-hydrogen) atoms. The number of benzene rings is 1. The van der Waals surface area contributed by atoms with E-state index in [4.69, 9.17) is 0 Å². The van der Waals surface area contributed by atoms with Crippen molar-refractivity contribution in [3.63, 3.8) is 0 Å². The van der Waals surface area contributed by atoms with Crippen LogP contribution in [0.2, 0.25) is 0 Å². The van der Waals surface area contributed by atoms with Gasteiger partial charge in [-0.1, -0.05) is 65.5 Å². The number of hydrogen-bond donors (Lipinski definition) is 0. The predicted octanol–water partition coefficient (Wildman–Crippen LogP) is 5.02. The molecule has 0 N–H and O–H groups in total. The van der Waals surface area contributed by atoms with Crippen LogP contribution in [0, 0.1) is 5.41 Å². The van der Waals surface area contributed by atoms with Crippen LogP contribution in [0.4, 0.5) is 0 Å². The van der Waals surface area contributed by atoms with E-state index in [1.54, 1.807) is 0 Å². The van der Waals surface area contributed by atoms with Gasteiger partial charge in [-0.25, -0.2) is 0 Å². The van der Waals surface area contributed by atoms with Gasteiger partial charge in [-0.2, -0.15) is 0 Å². The Bertz CT molecular complexity index is 412. The number of fused-ring (bicyclic) bond motifs is 1. The largest absolute Gasteiger partial charge is 0.371 e. The van der Waals surface area contributed by atoms with Gasteiger partial charge in [-0.05, 0) is 24.0 Å². The third kappa shape index (κ3) is 4.12. The molecule has 1 nitrogen and oxygen atoms in total. The summed E-state index contributed by atoms with van der Waals surface area (Å²) in [4.78, 5) is 2.45. The first kappa shape index (κ1) is 15.8. The monoisotopic (exact) mass is 259 g/mol. The molecule has 0 aromatic heterocycles. The van der Waals surface area contributed by atoms with Crippen molar-refractivity contribution in [3.8, 4) is 0 Å². The Hall–Kier alpha value is -1.24. The van der Waals surface area contributed by atoms with E-state index in [2.05, 4.69) is 56.5 Å². The maximum absolute atomic E-state index is 4.29. The summed E-state index contributed by atoms with van der Waals surface area (Å²) in [5, 5.41) is 0. The standard InChI is InChI=1S/C16H23N.C2H6/c1-13(16(2,3)4)17-11-7-10-14-8-5-6-9-15(14)12-17;1-2/h5-6,8-9H,1,7,10-12H2,2-4H3;1-2H3. The first-order chi connectivity index (χ1) is 8.98. The summed E-state index contributed by atoms with van der Waals surface area (Å²) in [6.07, 6.45) is 2.43. The van der Waals surface area contributed by atoms with Crippen molar-refractivity contribution in [2.45, 2.75) is 54.0 Å². The molecule has 0 radical (unpaired) electrons. The molecule has 0 bridgehead atoms. The maximum Gasteiger partial charge on any atom is 0.0429 e. The van der Waals surface area contributed by atoms with Gasteiger partial charge >= 0.3 is 0 Å². The van der Waals surface area contributed by atoms with Gasteiger partial charge in [-0.3, -0.25) is 0 Å². The number of aryl methyl sites for hydroxylation is 1. The highest BCUT2D eigenvalue weighted by molar-refractivity contribution is 5.29. The van der Waals surface area contributed by atoms with Gasteiger partial charge in [0.25, 0.3) is 0 Å². The Morgan fingerprint density at radius 1 is 1.11 bits per heavy atom. The van der Waals surface area contributed by atoms with Crippen LogP contribution in [0.5, 0.6) is 0 Å². The molecular weight excluding hydrogens is 230 g/mol. The smallest absolute Gasteiger partial charge is 0.0429 e. The highest BCUT2D eigenvalue weighted by atomic mass is 15.1. The molecular formula is C18H29N. The van der Waals surface area contributed by atoms with Gasteiger partial charge in [0.2, 0.25) is 0 Å². The summed E-state index contributed by atoms with van der Waals surface area (Å²) in [6, 6.07) is 8.80. The van der Waals surface area contributed by atoms with Crippen molar-refractivity contribution in [1.82, 2.24) is 4.90 Å². The minimum atomic E-state index is 0.166. The molecule has 0 unspecified atom stereocenters. The molecule has 0 aliphatic carbocycles. The Labute approximate surface area is 119 Å². The van der Waals surface area contributed by atoms with Crippen molar-refractivity contribution in [2.24, 2.45) is 5.41 Å². The molecule has 0 spiro atoms. The molecule has 1 aliphatic heterocycles. The second-order valence-electron chi connectivity index (χ2n) is 5.99. The van der Waals surface area contributed by atoms with Crippen LogP contribution >= 0.6 is 0 Å². The lowest BCUT2D eigenvalue weighted by atomic mass is 9.91. The van der Waals surface area contributed by atoms with Crippen LogP contribution < -0.4 is 0 Å². The molecule has 0 saturated carbocycles. The maximum atomic E-state index is 4.29. The lowest BCUT2D eigenvalue weighted by molar-refractivity contribution is 0.265. The number of nitrogens with zero attached hydrogens (tertiary/aromatic N) is 1. The second kappa shape index (κ2) is 6.79. The average molecular weight is 259 g/mol. The van der Waals surface area contributed by atoms with E-state index in [0.717, 1.165) is 13.1 Å². The van der Waals surface area contributed by atoms with Crippen LogP contribution in [0.1, 0.15) is 52.2 Å². The fraction of sp³-hybridized carbons (Fsp3) is 0.556. The van der Waals surface area contributed by atoms with E-state index in [1.807, 2.05) is 13.8 Å². The van der Waals surface area contributed by atoms with Crippen LogP contribution in [0.15, 0.2) is 36.5 Å². The van der Waals surface area contributed by atoms with Crippen molar-refractivity contribution in [3.05, 3.63) is 47.7 Å². The van der Waals surface area contributed by atoms with Gasteiger partial charge in [0.1, 0.15) is 0 Å². The normalized spacial score (nSPS) is 14.9. The zero-order valence-corrected chi connectivity index (χ0v) is 13.3. The van der Waals surface area contributed by atoms with E-state index in [9.17, 15) is 0 Å². The van der Waals surface area contributed by atoms with E-state index in [1.165, 1.54) is 29.7 Å². The van der Waals surface area contributed by atoms with Crippen LogP contribution in [0.3, 0.4) is 0 Å². The molecule has 1 heterocycles. The fourth-order valence-electron chi connectivity index (χ4n) is 2.41. The summed E-state index contributed by atoms with van der Waals surface area (Å²) in [5.41, 5.74) is 4.40. The Kier molecular flexibility index (Phi) is 5.65. The molecule has 1 aliphatic rings. The van der Waals surface area contributed by atoms with E-state index >= 15 is 0 Å². The summed E-state index contributed by atoms with van der Waals surface area (Å²) < 4.78 is 0. The first-order valence-electron chi connectivity index (χ1n) is 7.49. The van der Waals surface area contributed by atoms with Gasteiger partial charge in [0.15, 0.2) is 0 Å². The third-order valence-electron chi connectivity index (χ3n) is 3.60. The fourth-order valence-corrected chi connectivity index (χ4v) is 2.41. The van der Waals surface area contributed by atoms with Crippen LogP contribution in [0.25, 0.3) is 0 Å². The van der Waals surface area contributed by atoms with Gasteiger partial charge in [0, 0.05) is 24.2 Å². The van der Waals surface area contributed by atoms with Gasteiger partial charge in [0.05, 0.1) is 0 Å². The minimum Gasteiger partial charge on any atom is -0.371 e. The third-order valence-corrected chi connectivity index (χ3v) is 3.60. The Balaban J connectivity index is 0.000000861. The van der Waals surface area contributed by atoms with E-state index in [0.29, 0.717) is 0 Å². The summed E-state index contributed by atoms with van der Waals surface area (Å²) in [5.74, 6) is 0. The molecule has 106 valence electrons. The lowest BCUT2D eigenvalue weighted by Gasteiger charge is -2.33. The molecule has 0 amide bonds. The number of rotatable bonds is 1. The summed E-state index contributed by atoms with van der Waals surface area (Å²) in [7, 11) is 0. The quantitative estimate of drug-likeness (QED) is 0.684. The van der Waals surface area contributed by atoms with Crippen molar-refractivity contribution in [2.75, 3.05) is 6.54 Å². The highest BCUT2D eigenvalue weighted by Crippen LogP contribution is 2.30. The molecule has 2 rings (SSSR count). The van der Waals surface area contributed by atoms with Gasteiger partial charge in [-0.15, -0.1) is 0 Å². The molecule has 1 aromatic carbocycles. The lowest BCUT2D eigenvalue weighted by Crippen LogP contribution is -2.29. The minimum absolute atomic E-state index is 0.166. The Morgan fingerprint density at radius 3 is 2.26 bits per heavy atom. The average Bonchev–Trinajstić information content (AvgIpc) is 2.61. The van der Waals surface area contributed by atoms with E-state index in [-0.39, 0.29) is 5.41 Å². The van der Waals surface area contributed by atoms with Crippen molar-refractivity contribution < 1.29 is 0 Å². The summed E-state index contributed by atoms with van der Waals surface area (Å²) in [6.45, 7) is 17.2. The molecule has 0 saturated heterocycles. The zero-order chi connectivity index (χ0) is 14.5. The molecule has 0 fully saturated rings. The highest BCUT2D eigenvalue weighted by Gasteiger charge is 2.23. The van der Waals surface area contributed by atoms with Crippen LogP contribution in [-0.2, 0) is 13.0 Å². The Morgan fingerprint density at radius 2 is 1.68 bits per heavy atom. The van der Waals surface area contributed by atoms with E-state index < -0.39 is 0 Å². The topological polar surface area (TPSA) is 3.24 Å². The molecule has 1 heteroatoms. The SMILES string of the molecule is C=C(N1CCCc2ccccc2C1)C(C)(C)C.CC. The van der Waals surface area contributed by atoms with Gasteiger partial charge < -0.3 is 4.90 Å². The second-order valence-corrected chi connectivity index (χ2v) is 5.99. The molecule has 1 aromatic rings. The zero-order valence-electron chi connectivity index (χ0n) is 13.3. The predicted molar refractivity (Wildman–Crippen MR) is 85.1 cm³/mol. The van der Waals surface area contributed by atoms with Crippen molar-refractivity contribution >= 4 is 0 Å². The van der Waals surface area contributed by atoms with Crippen LogP contribution in [-0.4, -0.2) is 11.4 Å². The number of hydrogen-bond acceptors (Lipinski definition) is 1. The summed E-state index contributed by atoms with van der Waals surface area (Å²) >= 11 is 0. The van der Waals surface area contributed by atoms with Crippen molar-refractivity contribution in [1.29, 1.82) is 0 Å². The first-order valence-corrected chi connectivity index (χ1v) is 7.49.